The maximum absolute atomic E-state index is 12.4. The van der Waals surface area contributed by atoms with Crippen molar-refractivity contribution in [3.63, 3.8) is 0 Å². The molecule has 0 atom stereocenters. The zero-order valence-electron chi connectivity index (χ0n) is 25.1. The summed E-state index contributed by atoms with van der Waals surface area (Å²) in [4.78, 5) is 0. The van der Waals surface area contributed by atoms with Gasteiger partial charge in [-0.25, -0.2) is 0 Å². The van der Waals surface area contributed by atoms with Gasteiger partial charge in [-0.3, -0.25) is 9.13 Å². The molecule has 0 rings (SSSR count). The predicted octanol–water partition coefficient (Wildman–Crippen LogP) is 11.1. The number of unbranched alkanes of at least 4 members (excludes halogenated alkanes) is 14. The summed E-state index contributed by atoms with van der Waals surface area (Å²) in [6.07, 6.45) is 20.8. The Morgan fingerprint density at radius 2 is 0.632 bits per heavy atom. The fourth-order valence-electron chi connectivity index (χ4n) is 4.29. The van der Waals surface area contributed by atoms with Crippen molar-refractivity contribution in [1.29, 1.82) is 0 Å². The van der Waals surface area contributed by atoms with Gasteiger partial charge in [-0.1, -0.05) is 98.6 Å². The Kier molecular flexibility index (Phi) is 28.9. The van der Waals surface area contributed by atoms with Gasteiger partial charge in [0.05, 0.1) is 38.8 Å². The molecule has 0 saturated carbocycles. The largest absolute Gasteiger partial charge is 0.330 e. The molecule has 6 nitrogen and oxygen atoms in total. The average Bonchev–Trinajstić information content (AvgIpc) is 2.87. The van der Waals surface area contributed by atoms with E-state index in [1.54, 1.807) is 0 Å². The Morgan fingerprint density at radius 3 is 0.895 bits per heavy atom. The van der Waals surface area contributed by atoms with Crippen molar-refractivity contribution in [2.45, 2.75) is 130 Å². The van der Waals surface area contributed by atoms with Crippen LogP contribution in [0.2, 0.25) is 0 Å². The minimum atomic E-state index is -2.84. The first kappa shape index (κ1) is 39.0. The highest BCUT2D eigenvalue weighted by Crippen LogP contribution is 2.49. The van der Waals surface area contributed by atoms with E-state index in [9.17, 15) is 9.13 Å². The van der Waals surface area contributed by atoms with Crippen molar-refractivity contribution in [2.75, 3.05) is 50.3 Å². The summed E-state index contributed by atoms with van der Waals surface area (Å²) in [5.41, 5.74) is 0. The third-order valence-corrected chi connectivity index (χ3v) is 13.1. The van der Waals surface area contributed by atoms with E-state index in [0.29, 0.717) is 38.8 Å². The van der Waals surface area contributed by atoms with Gasteiger partial charge in [0.2, 0.25) is 0 Å². The van der Waals surface area contributed by atoms with Gasteiger partial charge in [0.15, 0.2) is 0 Å². The summed E-state index contributed by atoms with van der Waals surface area (Å²) in [5, 5.41) is 0. The molecular formula is C28H60O6P2S2. The second-order valence-corrected chi connectivity index (χ2v) is 16.7. The molecule has 0 spiro atoms. The van der Waals surface area contributed by atoms with E-state index >= 15 is 0 Å². The molecule has 0 aliphatic rings. The summed E-state index contributed by atoms with van der Waals surface area (Å²) >= 11 is 0. The molecule has 38 heavy (non-hydrogen) atoms. The SMILES string of the molecule is CCOP(=O)(CCCCCCCCCCSSCCCCCCCCCCP(=O)(OCC)OCC)OCC. The van der Waals surface area contributed by atoms with Gasteiger partial charge in [0.25, 0.3) is 0 Å². The molecule has 0 aromatic carbocycles. The summed E-state index contributed by atoms with van der Waals surface area (Å²) in [7, 11) is -1.59. The monoisotopic (exact) mass is 618 g/mol. The first-order valence-corrected chi connectivity index (χ1v) is 21.4. The number of rotatable bonds is 31. The minimum absolute atomic E-state index is 0.453. The molecular weight excluding hydrogens is 558 g/mol. The van der Waals surface area contributed by atoms with Gasteiger partial charge < -0.3 is 18.1 Å². The molecule has 0 fully saturated rings. The summed E-state index contributed by atoms with van der Waals surface area (Å²) in [5.74, 6) is 2.54. The molecule has 0 bridgehead atoms. The molecule has 0 radical (unpaired) electrons. The predicted molar refractivity (Wildman–Crippen MR) is 170 cm³/mol. The van der Waals surface area contributed by atoms with Crippen LogP contribution < -0.4 is 0 Å². The lowest BCUT2D eigenvalue weighted by atomic mass is 10.1. The van der Waals surface area contributed by atoms with Crippen molar-refractivity contribution in [2.24, 2.45) is 0 Å². The van der Waals surface area contributed by atoms with E-state index in [-0.39, 0.29) is 0 Å². The van der Waals surface area contributed by atoms with Crippen molar-refractivity contribution >= 4 is 36.8 Å². The highest BCUT2D eigenvalue weighted by molar-refractivity contribution is 8.76. The van der Waals surface area contributed by atoms with Crippen LogP contribution in [0.4, 0.5) is 0 Å². The van der Waals surface area contributed by atoms with Crippen molar-refractivity contribution in [3.8, 4) is 0 Å². The summed E-state index contributed by atoms with van der Waals surface area (Å²) < 4.78 is 46.2. The van der Waals surface area contributed by atoms with Gasteiger partial charge in [-0.2, -0.15) is 0 Å². The van der Waals surface area contributed by atoms with E-state index < -0.39 is 15.2 Å². The van der Waals surface area contributed by atoms with Crippen LogP contribution in [0.3, 0.4) is 0 Å². The zero-order valence-corrected chi connectivity index (χ0v) is 28.6. The lowest BCUT2D eigenvalue weighted by molar-refractivity contribution is 0.218. The molecule has 10 heteroatoms. The fraction of sp³-hybridized carbons (Fsp3) is 1.00. The van der Waals surface area contributed by atoms with E-state index in [0.717, 1.165) is 25.7 Å². The van der Waals surface area contributed by atoms with Gasteiger partial charge in [0.1, 0.15) is 0 Å². The maximum Gasteiger partial charge on any atom is 0.330 e. The molecule has 0 N–H and O–H groups in total. The van der Waals surface area contributed by atoms with Crippen molar-refractivity contribution in [1.82, 2.24) is 0 Å². The first-order valence-electron chi connectivity index (χ1n) is 15.5. The van der Waals surface area contributed by atoms with Gasteiger partial charge in [-0.05, 0) is 53.4 Å². The van der Waals surface area contributed by atoms with Crippen molar-refractivity contribution < 1.29 is 27.2 Å². The second-order valence-electron chi connectivity index (χ2n) is 9.64. The van der Waals surface area contributed by atoms with Crippen LogP contribution in [0.15, 0.2) is 0 Å². The maximum atomic E-state index is 12.4. The Hall–Kier alpha value is 1.00. The molecule has 0 saturated heterocycles. The van der Waals surface area contributed by atoms with Gasteiger partial charge >= 0.3 is 15.2 Å². The Labute approximate surface area is 244 Å². The summed E-state index contributed by atoms with van der Waals surface area (Å²) in [6, 6.07) is 0. The van der Waals surface area contributed by atoms with Crippen LogP contribution >= 0.6 is 36.8 Å². The smallest absolute Gasteiger partial charge is 0.309 e. The van der Waals surface area contributed by atoms with Crippen LogP contribution in [0, 0.1) is 0 Å². The van der Waals surface area contributed by atoms with Crippen LogP contribution in [-0.2, 0) is 27.2 Å². The third kappa shape index (κ3) is 24.8. The van der Waals surface area contributed by atoms with Crippen LogP contribution in [-0.4, -0.2) is 50.3 Å². The number of hydrogen-bond acceptors (Lipinski definition) is 8. The standard InChI is InChI=1S/C28H60O6P2S2/c1-5-31-35(29,32-6-2)25-21-17-13-9-11-15-19-23-27-37-38-28-24-20-16-12-10-14-18-22-26-36(30,33-7-3)34-8-4/h5-28H2,1-4H3. The number of hydrogen-bond donors (Lipinski definition) is 0. The Balaban J connectivity index is 3.33. The Bertz CT molecular complexity index is 528. The van der Waals surface area contributed by atoms with Gasteiger partial charge in [-0.15, -0.1) is 0 Å². The lowest BCUT2D eigenvalue weighted by Crippen LogP contribution is -2.00. The second kappa shape index (κ2) is 28.1. The molecule has 0 aliphatic heterocycles. The molecule has 0 unspecified atom stereocenters. The molecule has 0 aliphatic carbocycles. The van der Waals surface area contributed by atoms with E-state index in [1.165, 1.54) is 88.6 Å². The highest BCUT2D eigenvalue weighted by Gasteiger charge is 2.23. The summed E-state index contributed by atoms with van der Waals surface area (Å²) in [6.45, 7) is 9.29. The fourth-order valence-corrected chi connectivity index (χ4v) is 10.0. The molecule has 0 amide bonds. The van der Waals surface area contributed by atoms with Crippen LogP contribution in [0.1, 0.15) is 130 Å². The third-order valence-electron chi connectivity index (χ3n) is 6.21. The topological polar surface area (TPSA) is 71.1 Å². The average molecular weight is 619 g/mol. The van der Waals surface area contributed by atoms with E-state index in [4.69, 9.17) is 18.1 Å². The normalized spacial score (nSPS) is 12.4. The Morgan fingerprint density at radius 1 is 0.395 bits per heavy atom. The zero-order chi connectivity index (χ0) is 28.2. The van der Waals surface area contributed by atoms with E-state index in [2.05, 4.69) is 0 Å². The van der Waals surface area contributed by atoms with Crippen molar-refractivity contribution in [3.05, 3.63) is 0 Å². The van der Waals surface area contributed by atoms with Crippen LogP contribution in [0.25, 0.3) is 0 Å². The lowest BCUT2D eigenvalue weighted by Gasteiger charge is -2.16. The van der Waals surface area contributed by atoms with Crippen LogP contribution in [0.5, 0.6) is 0 Å². The minimum Gasteiger partial charge on any atom is -0.309 e. The van der Waals surface area contributed by atoms with Gasteiger partial charge in [0, 0.05) is 11.5 Å². The van der Waals surface area contributed by atoms with E-state index in [1.807, 2.05) is 49.3 Å². The quantitative estimate of drug-likeness (QED) is 0.0432. The molecule has 0 aromatic rings. The molecule has 0 aromatic heterocycles. The molecule has 230 valence electrons. The molecule has 0 heterocycles. The highest BCUT2D eigenvalue weighted by atomic mass is 33.1. The first-order chi connectivity index (χ1) is 18.4.